The predicted molar refractivity (Wildman–Crippen MR) is 139 cm³/mol. The number of piperidine rings is 1. The van der Waals surface area contributed by atoms with Gasteiger partial charge in [0, 0.05) is 18.3 Å². The van der Waals surface area contributed by atoms with Crippen LogP contribution in [0.15, 0.2) is 0 Å². The van der Waals surface area contributed by atoms with Crippen molar-refractivity contribution in [2.75, 3.05) is 25.4 Å². The highest BCUT2D eigenvalue weighted by Gasteiger charge is 2.61. The van der Waals surface area contributed by atoms with Crippen molar-refractivity contribution in [3.05, 3.63) is 0 Å². The molecule has 0 N–H and O–H groups in total. The molecule has 2 aliphatic heterocycles. The van der Waals surface area contributed by atoms with E-state index in [4.69, 9.17) is 4.74 Å². The van der Waals surface area contributed by atoms with Crippen LogP contribution in [0, 0.1) is 40.4 Å². The first-order valence-corrected chi connectivity index (χ1v) is 15.6. The third kappa shape index (κ3) is 4.38. The number of ether oxygens (including phenoxy) is 1. The molecule has 188 valence electrons. The first kappa shape index (κ1) is 24.3. The zero-order chi connectivity index (χ0) is 23.1. The standard InChI is InChI=1S/C29H49NO2S/c1-4-21-20-23-24-11-10-22(13-18-32-27(31)30-16-7-5-8-17-30)28(24,2)15-12-25(23)29(3)14-6-9-19-33-26(21)29/h21-26H,4-20H2,1-3H3/t21-,22?,23?,24?,25-,26?,28?,29?/m0/s1. The van der Waals surface area contributed by atoms with Gasteiger partial charge < -0.3 is 9.64 Å². The van der Waals surface area contributed by atoms with Crippen LogP contribution in [0.3, 0.4) is 0 Å². The Balaban J connectivity index is 1.24. The highest BCUT2D eigenvalue weighted by atomic mass is 32.2. The third-order valence-electron chi connectivity index (χ3n) is 11.4. The molecule has 0 bridgehead atoms. The van der Waals surface area contributed by atoms with Gasteiger partial charge in [0.25, 0.3) is 0 Å². The number of hydrogen-bond acceptors (Lipinski definition) is 3. The van der Waals surface area contributed by atoms with E-state index in [-0.39, 0.29) is 6.09 Å². The van der Waals surface area contributed by atoms with E-state index in [1.165, 1.54) is 70.0 Å². The predicted octanol–water partition coefficient (Wildman–Crippen LogP) is 7.78. The van der Waals surface area contributed by atoms with Crippen LogP contribution in [-0.2, 0) is 4.74 Å². The largest absolute Gasteiger partial charge is 0.449 e. The van der Waals surface area contributed by atoms with Crippen LogP contribution >= 0.6 is 11.8 Å². The molecule has 0 spiro atoms. The summed E-state index contributed by atoms with van der Waals surface area (Å²) in [5.41, 5.74) is 1.03. The normalized spacial score (nSPS) is 45.5. The molecule has 0 radical (unpaired) electrons. The average Bonchev–Trinajstić information content (AvgIpc) is 3.02. The molecule has 0 aromatic carbocycles. The fourth-order valence-electron chi connectivity index (χ4n) is 9.55. The Hall–Kier alpha value is -0.380. The summed E-state index contributed by atoms with van der Waals surface area (Å²) in [5, 5.41) is 0.905. The summed E-state index contributed by atoms with van der Waals surface area (Å²) in [6, 6.07) is 0. The minimum atomic E-state index is -0.0546. The molecule has 0 aromatic heterocycles. The fourth-order valence-corrected chi connectivity index (χ4v) is 11.4. The van der Waals surface area contributed by atoms with E-state index >= 15 is 0 Å². The molecule has 8 atom stereocenters. The molecule has 3 nitrogen and oxygen atoms in total. The Morgan fingerprint density at radius 2 is 1.76 bits per heavy atom. The highest BCUT2D eigenvalue weighted by Crippen LogP contribution is 2.68. The van der Waals surface area contributed by atoms with Crippen LogP contribution in [0.25, 0.3) is 0 Å². The van der Waals surface area contributed by atoms with Crippen LogP contribution in [0.5, 0.6) is 0 Å². The van der Waals surface area contributed by atoms with Crippen molar-refractivity contribution in [1.29, 1.82) is 0 Å². The number of amides is 1. The van der Waals surface area contributed by atoms with E-state index in [2.05, 4.69) is 32.5 Å². The molecule has 5 fully saturated rings. The quantitative estimate of drug-likeness (QED) is 0.416. The van der Waals surface area contributed by atoms with Crippen molar-refractivity contribution >= 4 is 17.9 Å². The zero-order valence-electron chi connectivity index (χ0n) is 21.7. The summed E-state index contributed by atoms with van der Waals surface area (Å²) < 4.78 is 5.79. The summed E-state index contributed by atoms with van der Waals surface area (Å²) in [7, 11) is 0. The maximum Gasteiger partial charge on any atom is 0.409 e. The molecular formula is C29H49NO2S. The van der Waals surface area contributed by atoms with Gasteiger partial charge in [-0.3, -0.25) is 0 Å². The van der Waals surface area contributed by atoms with Gasteiger partial charge in [-0.2, -0.15) is 11.8 Å². The Morgan fingerprint density at radius 1 is 0.970 bits per heavy atom. The Kier molecular flexibility index (Phi) is 7.32. The van der Waals surface area contributed by atoms with Crippen molar-refractivity contribution in [2.24, 2.45) is 40.4 Å². The number of carbonyl (C=O) groups excluding carboxylic acids is 1. The van der Waals surface area contributed by atoms with Gasteiger partial charge in [0.15, 0.2) is 0 Å². The fraction of sp³-hybridized carbons (Fsp3) is 0.966. The molecule has 2 saturated heterocycles. The lowest BCUT2D eigenvalue weighted by Gasteiger charge is -2.61. The molecular weight excluding hydrogens is 426 g/mol. The summed E-state index contributed by atoms with van der Waals surface area (Å²) in [4.78, 5) is 14.4. The number of hydrogen-bond donors (Lipinski definition) is 0. The SMILES string of the molecule is CC[C@H]1CC2C3CCC(CCOC(=O)N4CCCCC4)C3(C)CC[C@@H]2C2(C)CCCCSC12. The van der Waals surface area contributed by atoms with E-state index < -0.39 is 0 Å². The van der Waals surface area contributed by atoms with Crippen molar-refractivity contribution in [3.63, 3.8) is 0 Å². The van der Waals surface area contributed by atoms with Crippen molar-refractivity contribution < 1.29 is 9.53 Å². The first-order chi connectivity index (χ1) is 16.0. The maximum absolute atomic E-state index is 12.5. The lowest BCUT2D eigenvalue weighted by Crippen LogP contribution is -2.55. The average molecular weight is 476 g/mol. The lowest BCUT2D eigenvalue weighted by molar-refractivity contribution is -0.0862. The number of nitrogens with zero attached hydrogens (tertiary/aromatic N) is 1. The molecule has 5 rings (SSSR count). The van der Waals surface area contributed by atoms with Crippen LogP contribution in [0.1, 0.15) is 104 Å². The van der Waals surface area contributed by atoms with E-state index in [0.717, 1.165) is 67.2 Å². The second kappa shape index (κ2) is 9.94. The lowest BCUT2D eigenvalue weighted by atomic mass is 9.46. The maximum atomic E-state index is 12.5. The van der Waals surface area contributed by atoms with E-state index in [9.17, 15) is 4.79 Å². The van der Waals surface area contributed by atoms with Gasteiger partial charge in [-0.1, -0.05) is 33.6 Å². The molecule has 2 heterocycles. The van der Waals surface area contributed by atoms with Crippen LogP contribution in [0.2, 0.25) is 0 Å². The zero-order valence-corrected chi connectivity index (χ0v) is 22.5. The molecule has 4 heteroatoms. The smallest absolute Gasteiger partial charge is 0.409 e. The molecule has 0 aromatic rings. The number of carbonyl (C=O) groups is 1. The molecule has 3 aliphatic carbocycles. The third-order valence-corrected chi connectivity index (χ3v) is 13.2. The van der Waals surface area contributed by atoms with E-state index in [1.54, 1.807) is 0 Å². The molecule has 6 unspecified atom stereocenters. The van der Waals surface area contributed by atoms with Gasteiger partial charge in [0.2, 0.25) is 0 Å². The van der Waals surface area contributed by atoms with Crippen molar-refractivity contribution in [3.8, 4) is 0 Å². The summed E-state index contributed by atoms with van der Waals surface area (Å²) in [6.45, 7) is 10.2. The summed E-state index contributed by atoms with van der Waals surface area (Å²) >= 11 is 2.35. The number of fused-ring (bicyclic) bond motifs is 5. The van der Waals surface area contributed by atoms with Gasteiger partial charge in [0.05, 0.1) is 6.61 Å². The van der Waals surface area contributed by atoms with Gasteiger partial charge in [-0.25, -0.2) is 4.79 Å². The van der Waals surface area contributed by atoms with Crippen molar-refractivity contribution in [1.82, 2.24) is 4.90 Å². The molecule has 1 amide bonds. The van der Waals surface area contributed by atoms with Gasteiger partial charge in [0.1, 0.15) is 0 Å². The van der Waals surface area contributed by atoms with Gasteiger partial charge in [-0.05, 0) is 117 Å². The van der Waals surface area contributed by atoms with Gasteiger partial charge in [-0.15, -0.1) is 0 Å². The van der Waals surface area contributed by atoms with Gasteiger partial charge >= 0.3 is 6.09 Å². The number of thioether (sulfide) groups is 1. The van der Waals surface area contributed by atoms with E-state index in [0.29, 0.717) is 17.4 Å². The molecule has 5 aliphatic rings. The molecule has 33 heavy (non-hydrogen) atoms. The Labute approximate surface area is 207 Å². The molecule has 3 saturated carbocycles. The summed E-state index contributed by atoms with van der Waals surface area (Å²) in [6.07, 6.45) is 17.4. The minimum Gasteiger partial charge on any atom is -0.449 e. The van der Waals surface area contributed by atoms with Crippen LogP contribution in [0.4, 0.5) is 4.79 Å². The van der Waals surface area contributed by atoms with E-state index in [1.807, 2.05) is 4.90 Å². The van der Waals surface area contributed by atoms with Crippen LogP contribution < -0.4 is 0 Å². The highest BCUT2D eigenvalue weighted by molar-refractivity contribution is 7.99. The van der Waals surface area contributed by atoms with Crippen molar-refractivity contribution in [2.45, 2.75) is 109 Å². The minimum absolute atomic E-state index is 0.0546. The Bertz CT molecular complexity index is 693. The number of rotatable bonds is 4. The number of likely N-dealkylation sites (tertiary alicyclic amines) is 1. The topological polar surface area (TPSA) is 29.5 Å². The Morgan fingerprint density at radius 3 is 2.55 bits per heavy atom. The van der Waals surface area contributed by atoms with Crippen LogP contribution in [-0.4, -0.2) is 41.7 Å². The first-order valence-electron chi connectivity index (χ1n) is 14.5. The second-order valence-corrected chi connectivity index (χ2v) is 14.1. The monoisotopic (exact) mass is 475 g/mol. The summed E-state index contributed by atoms with van der Waals surface area (Å²) in [5.74, 6) is 5.85. The second-order valence-electron chi connectivity index (χ2n) is 12.8.